The van der Waals surface area contributed by atoms with E-state index < -0.39 is 0 Å². The summed E-state index contributed by atoms with van der Waals surface area (Å²) in [4.78, 5) is 22.3. The van der Waals surface area contributed by atoms with Crippen LogP contribution in [0.1, 0.15) is 38.5 Å². The largest absolute Gasteiger partial charge is 0.295 e. The molecule has 78 valence electrons. The van der Waals surface area contributed by atoms with Gasteiger partial charge in [0.25, 0.3) is 0 Å². The number of amides is 2. The van der Waals surface area contributed by atoms with E-state index in [1.165, 1.54) is 32.1 Å². The van der Waals surface area contributed by atoms with Crippen molar-refractivity contribution in [1.82, 2.24) is 5.32 Å². The van der Waals surface area contributed by atoms with Crippen molar-refractivity contribution in [3.63, 3.8) is 0 Å². The van der Waals surface area contributed by atoms with Crippen LogP contribution in [0.5, 0.6) is 0 Å². The van der Waals surface area contributed by atoms with Gasteiger partial charge >= 0.3 is 0 Å². The third-order valence-electron chi connectivity index (χ3n) is 2.83. The molecule has 3 nitrogen and oxygen atoms in total. The minimum atomic E-state index is -0.108. The molecule has 1 heterocycles. The SMILES string of the molecule is O=C1CC(SC2CCCCC2)C(=O)N1. The highest BCUT2D eigenvalue weighted by Crippen LogP contribution is 2.33. The summed E-state index contributed by atoms with van der Waals surface area (Å²) < 4.78 is 0. The lowest BCUT2D eigenvalue weighted by atomic mass is 10.0. The number of hydrogen-bond acceptors (Lipinski definition) is 3. The van der Waals surface area contributed by atoms with Crippen LogP contribution in [0.4, 0.5) is 0 Å². The van der Waals surface area contributed by atoms with Gasteiger partial charge < -0.3 is 0 Å². The normalized spacial score (nSPS) is 29.3. The Morgan fingerprint density at radius 2 is 1.86 bits per heavy atom. The Balaban J connectivity index is 1.84. The molecule has 1 N–H and O–H groups in total. The summed E-state index contributed by atoms with van der Waals surface area (Å²) >= 11 is 1.71. The predicted molar refractivity (Wildman–Crippen MR) is 56.0 cm³/mol. The van der Waals surface area contributed by atoms with Gasteiger partial charge in [0.1, 0.15) is 0 Å². The van der Waals surface area contributed by atoms with Crippen molar-refractivity contribution in [2.45, 2.75) is 49.0 Å². The maximum atomic E-state index is 11.3. The standard InChI is InChI=1S/C10H15NO2S/c12-9-6-8(10(13)11-9)14-7-4-2-1-3-5-7/h7-8H,1-6H2,(H,11,12,13). The molecule has 0 spiro atoms. The molecule has 0 radical (unpaired) electrons. The summed E-state index contributed by atoms with van der Waals surface area (Å²) in [6.45, 7) is 0. The van der Waals surface area contributed by atoms with Crippen LogP contribution in [0.2, 0.25) is 0 Å². The molecule has 1 atom stereocenters. The molecule has 4 heteroatoms. The lowest BCUT2D eigenvalue weighted by Crippen LogP contribution is -2.24. The first-order chi connectivity index (χ1) is 6.75. The van der Waals surface area contributed by atoms with Gasteiger partial charge in [0.15, 0.2) is 0 Å². The van der Waals surface area contributed by atoms with Crippen LogP contribution in [0.15, 0.2) is 0 Å². The smallest absolute Gasteiger partial charge is 0.240 e. The number of carbonyl (C=O) groups is 2. The van der Waals surface area contributed by atoms with Crippen LogP contribution >= 0.6 is 11.8 Å². The van der Waals surface area contributed by atoms with Gasteiger partial charge in [-0.3, -0.25) is 14.9 Å². The van der Waals surface area contributed by atoms with Crippen molar-refractivity contribution in [3.05, 3.63) is 0 Å². The molecule has 2 fully saturated rings. The summed E-state index contributed by atoms with van der Waals surface area (Å²) in [5, 5.41) is 2.85. The molecule has 2 aliphatic rings. The second-order valence-electron chi connectivity index (χ2n) is 4.00. The van der Waals surface area contributed by atoms with Gasteiger partial charge in [-0.05, 0) is 12.8 Å². The average molecular weight is 213 g/mol. The minimum absolute atomic E-state index is 0.0782. The molecular weight excluding hydrogens is 198 g/mol. The third-order valence-corrected chi connectivity index (χ3v) is 4.40. The van der Waals surface area contributed by atoms with Crippen LogP contribution in [-0.4, -0.2) is 22.3 Å². The Hall–Kier alpha value is -0.510. The van der Waals surface area contributed by atoms with Crippen molar-refractivity contribution in [1.29, 1.82) is 0 Å². The second kappa shape index (κ2) is 4.34. The quantitative estimate of drug-likeness (QED) is 0.706. The number of hydrogen-bond donors (Lipinski definition) is 1. The number of carbonyl (C=O) groups excluding carboxylic acids is 2. The van der Waals surface area contributed by atoms with Gasteiger partial charge in [0.2, 0.25) is 11.8 Å². The molecule has 1 aliphatic heterocycles. The maximum Gasteiger partial charge on any atom is 0.240 e. The van der Waals surface area contributed by atoms with Gasteiger partial charge in [0, 0.05) is 11.7 Å². The minimum Gasteiger partial charge on any atom is -0.295 e. The highest BCUT2D eigenvalue weighted by Gasteiger charge is 2.33. The first-order valence-electron chi connectivity index (χ1n) is 5.25. The Kier molecular flexibility index (Phi) is 3.11. The predicted octanol–water partition coefficient (Wildman–Crippen LogP) is 1.47. The van der Waals surface area contributed by atoms with E-state index in [2.05, 4.69) is 5.32 Å². The Labute approximate surface area is 88.0 Å². The van der Waals surface area contributed by atoms with E-state index in [4.69, 9.17) is 0 Å². The molecule has 0 bridgehead atoms. The molecule has 1 saturated heterocycles. The van der Waals surface area contributed by atoms with E-state index in [0.717, 1.165) is 0 Å². The fourth-order valence-corrected chi connectivity index (χ4v) is 3.57. The van der Waals surface area contributed by atoms with Crippen molar-refractivity contribution < 1.29 is 9.59 Å². The van der Waals surface area contributed by atoms with E-state index in [1.807, 2.05) is 0 Å². The van der Waals surface area contributed by atoms with Crippen LogP contribution in [0, 0.1) is 0 Å². The van der Waals surface area contributed by atoms with Crippen LogP contribution in [0.25, 0.3) is 0 Å². The summed E-state index contributed by atoms with van der Waals surface area (Å²) in [5.74, 6) is -0.186. The van der Waals surface area contributed by atoms with Crippen molar-refractivity contribution in [2.75, 3.05) is 0 Å². The van der Waals surface area contributed by atoms with E-state index in [0.29, 0.717) is 11.7 Å². The zero-order valence-corrected chi connectivity index (χ0v) is 8.94. The van der Waals surface area contributed by atoms with Gasteiger partial charge in [-0.25, -0.2) is 0 Å². The summed E-state index contributed by atoms with van der Waals surface area (Å²) in [6.07, 6.45) is 6.69. The van der Waals surface area contributed by atoms with Gasteiger partial charge in [-0.15, -0.1) is 11.8 Å². The highest BCUT2D eigenvalue weighted by molar-refractivity contribution is 8.01. The third kappa shape index (κ3) is 2.29. The zero-order valence-electron chi connectivity index (χ0n) is 8.12. The van der Waals surface area contributed by atoms with E-state index in [9.17, 15) is 9.59 Å². The molecule has 1 saturated carbocycles. The first-order valence-corrected chi connectivity index (χ1v) is 6.19. The average Bonchev–Trinajstić information content (AvgIpc) is 2.47. The number of thioether (sulfide) groups is 1. The number of nitrogens with one attached hydrogen (secondary N) is 1. The molecule has 0 aromatic heterocycles. The molecular formula is C10H15NO2S. The summed E-state index contributed by atoms with van der Waals surface area (Å²) in [5.41, 5.74) is 0. The molecule has 2 amide bonds. The Morgan fingerprint density at radius 3 is 2.43 bits per heavy atom. The molecule has 2 rings (SSSR count). The monoisotopic (exact) mass is 213 g/mol. The summed E-state index contributed by atoms with van der Waals surface area (Å²) in [7, 11) is 0. The zero-order chi connectivity index (χ0) is 9.97. The number of imide groups is 1. The molecule has 14 heavy (non-hydrogen) atoms. The van der Waals surface area contributed by atoms with Crippen molar-refractivity contribution >= 4 is 23.6 Å². The van der Waals surface area contributed by atoms with Gasteiger partial charge in [-0.1, -0.05) is 19.3 Å². The van der Waals surface area contributed by atoms with E-state index >= 15 is 0 Å². The Bertz CT molecular complexity index is 249. The van der Waals surface area contributed by atoms with E-state index in [1.54, 1.807) is 11.8 Å². The molecule has 1 unspecified atom stereocenters. The second-order valence-corrected chi connectivity index (χ2v) is 5.51. The van der Waals surface area contributed by atoms with Gasteiger partial charge in [0.05, 0.1) is 5.25 Å². The lowest BCUT2D eigenvalue weighted by molar-refractivity contribution is -0.124. The van der Waals surface area contributed by atoms with Crippen molar-refractivity contribution in [3.8, 4) is 0 Å². The van der Waals surface area contributed by atoms with Crippen LogP contribution in [-0.2, 0) is 9.59 Å². The van der Waals surface area contributed by atoms with E-state index in [-0.39, 0.29) is 17.1 Å². The van der Waals surface area contributed by atoms with Crippen molar-refractivity contribution in [2.24, 2.45) is 0 Å². The first kappa shape index (κ1) is 10.0. The fourth-order valence-electron chi connectivity index (χ4n) is 2.07. The number of rotatable bonds is 2. The highest BCUT2D eigenvalue weighted by atomic mass is 32.2. The summed E-state index contributed by atoms with van der Waals surface area (Å²) in [6, 6.07) is 0. The molecule has 0 aromatic carbocycles. The van der Waals surface area contributed by atoms with Crippen LogP contribution in [0.3, 0.4) is 0 Å². The fraction of sp³-hybridized carbons (Fsp3) is 0.800. The van der Waals surface area contributed by atoms with Gasteiger partial charge in [-0.2, -0.15) is 0 Å². The lowest BCUT2D eigenvalue weighted by Gasteiger charge is -2.22. The van der Waals surface area contributed by atoms with Crippen LogP contribution < -0.4 is 5.32 Å². The maximum absolute atomic E-state index is 11.3. The Morgan fingerprint density at radius 1 is 1.14 bits per heavy atom. The topological polar surface area (TPSA) is 46.2 Å². The molecule has 0 aromatic rings. The molecule has 1 aliphatic carbocycles.